The summed E-state index contributed by atoms with van der Waals surface area (Å²) >= 11 is 1.11. The smallest absolute Gasteiger partial charge is 0.353 e. The zero-order valence-electron chi connectivity index (χ0n) is 14.7. The fourth-order valence-corrected chi connectivity index (χ4v) is 3.65. The topological polar surface area (TPSA) is 88.9 Å². The van der Waals surface area contributed by atoms with Crippen molar-refractivity contribution in [3.05, 3.63) is 65.4 Å². The van der Waals surface area contributed by atoms with E-state index in [4.69, 9.17) is 9.15 Å². The molecule has 1 fully saturated rings. The van der Waals surface area contributed by atoms with Crippen LogP contribution in [0.1, 0.15) is 33.1 Å². The zero-order valence-corrected chi connectivity index (χ0v) is 15.5. The highest BCUT2D eigenvalue weighted by atomic mass is 32.1. The van der Waals surface area contributed by atoms with Crippen molar-refractivity contribution in [2.24, 2.45) is 0 Å². The lowest BCUT2D eigenvalue weighted by molar-refractivity contribution is -0.117. The molecule has 2 aromatic heterocycles. The van der Waals surface area contributed by atoms with Crippen LogP contribution in [-0.2, 0) is 4.79 Å². The lowest BCUT2D eigenvalue weighted by Gasteiger charge is -2.15. The van der Waals surface area contributed by atoms with Gasteiger partial charge in [-0.15, -0.1) is 11.3 Å². The Balaban J connectivity index is 1.38. The molecular weight excluding hydrogens is 380 g/mol. The van der Waals surface area contributed by atoms with Crippen molar-refractivity contribution in [2.75, 3.05) is 16.8 Å². The third kappa shape index (κ3) is 3.81. The summed E-state index contributed by atoms with van der Waals surface area (Å²) in [6, 6.07) is 13.2. The van der Waals surface area contributed by atoms with E-state index in [1.165, 1.54) is 6.26 Å². The minimum absolute atomic E-state index is 0.104. The van der Waals surface area contributed by atoms with E-state index >= 15 is 0 Å². The Labute approximate surface area is 164 Å². The first-order valence-corrected chi connectivity index (χ1v) is 9.49. The van der Waals surface area contributed by atoms with E-state index in [0.29, 0.717) is 28.6 Å². The molecule has 1 N–H and O–H groups in total. The molecule has 1 saturated heterocycles. The molecule has 1 aliphatic heterocycles. The standard InChI is InChI=1S/C20H16N2O5S/c23-18-4-1-11-22(18)13-5-7-14(8-6-13)27-20(25)16-9-10-17(28-16)21-19(24)15-3-2-12-26-15/h2-3,5-10,12H,1,4,11H2,(H,21,24). The molecule has 0 aliphatic carbocycles. The molecule has 1 aliphatic rings. The van der Waals surface area contributed by atoms with Crippen LogP contribution >= 0.6 is 11.3 Å². The van der Waals surface area contributed by atoms with E-state index in [1.807, 2.05) is 0 Å². The van der Waals surface area contributed by atoms with E-state index in [1.54, 1.807) is 53.4 Å². The first-order chi connectivity index (χ1) is 13.6. The van der Waals surface area contributed by atoms with Crippen LogP contribution in [0.2, 0.25) is 0 Å². The van der Waals surface area contributed by atoms with Gasteiger partial charge < -0.3 is 19.4 Å². The fourth-order valence-electron chi connectivity index (χ4n) is 2.87. The highest BCUT2D eigenvalue weighted by molar-refractivity contribution is 7.18. The SMILES string of the molecule is O=C(Nc1ccc(C(=O)Oc2ccc(N3CCCC3=O)cc2)s1)c1ccco1. The van der Waals surface area contributed by atoms with Gasteiger partial charge in [-0.05, 0) is 55.0 Å². The third-order valence-electron chi connectivity index (χ3n) is 4.22. The molecule has 0 radical (unpaired) electrons. The van der Waals surface area contributed by atoms with E-state index in [-0.39, 0.29) is 17.6 Å². The number of hydrogen-bond donors (Lipinski definition) is 1. The van der Waals surface area contributed by atoms with Crippen LogP contribution in [0.3, 0.4) is 0 Å². The maximum atomic E-state index is 12.3. The summed E-state index contributed by atoms with van der Waals surface area (Å²) in [6.07, 6.45) is 2.83. The molecule has 28 heavy (non-hydrogen) atoms. The van der Waals surface area contributed by atoms with Gasteiger partial charge in [-0.3, -0.25) is 9.59 Å². The number of carbonyl (C=O) groups is 3. The van der Waals surface area contributed by atoms with E-state index in [9.17, 15) is 14.4 Å². The van der Waals surface area contributed by atoms with Gasteiger partial charge in [0.25, 0.3) is 5.91 Å². The maximum absolute atomic E-state index is 12.3. The molecule has 7 nitrogen and oxygen atoms in total. The highest BCUT2D eigenvalue weighted by Crippen LogP contribution is 2.26. The Morgan fingerprint density at radius 2 is 1.93 bits per heavy atom. The Hall–Kier alpha value is -3.39. The van der Waals surface area contributed by atoms with E-state index in [2.05, 4.69) is 5.32 Å². The van der Waals surface area contributed by atoms with Gasteiger partial charge in [0.2, 0.25) is 5.91 Å². The number of ether oxygens (including phenoxy) is 1. The average Bonchev–Trinajstić information content (AvgIpc) is 3.44. The number of furan rings is 1. The number of esters is 1. The Morgan fingerprint density at radius 1 is 1.11 bits per heavy atom. The number of hydrogen-bond acceptors (Lipinski definition) is 6. The van der Waals surface area contributed by atoms with Gasteiger partial charge in [0, 0.05) is 18.7 Å². The first kappa shape index (κ1) is 18.0. The van der Waals surface area contributed by atoms with Crippen LogP contribution < -0.4 is 15.0 Å². The number of nitrogens with one attached hydrogen (secondary N) is 1. The largest absolute Gasteiger partial charge is 0.459 e. The monoisotopic (exact) mass is 396 g/mol. The van der Waals surface area contributed by atoms with Crippen molar-refractivity contribution in [2.45, 2.75) is 12.8 Å². The number of amides is 2. The highest BCUT2D eigenvalue weighted by Gasteiger charge is 2.21. The van der Waals surface area contributed by atoms with Gasteiger partial charge in [-0.25, -0.2) is 4.79 Å². The second-order valence-corrected chi connectivity index (χ2v) is 7.21. The molecule has 0 bridgehead atoms. The molecular formula is C20H16N2O5S. The normalized spacial score (nSPS) is 13.6. The Bertz CT molecular complexity index is 1010. The minimum atomic E-state index is -0.520. The molecule has 142 valence electrons. The Kier molecular flexibility index (Phi) is 4.94. The number of carbonyl (C=O) groups excluding carboxylic acids is 3. The maximum Gasteiger partial charge on any atom is 0.353 e. The van der Waals surface area contributed by atoms with Crippen LogP contribution in [0.4, 0.5) is 10.7 Å². The number of rotatable bonds is 5. The van der Waals surface area contributed by atoms with Crippen LogP contribution in [0.15, 0.2) is 59.2 Å². The van der Waals surface area contributed by atoms with Gasteiger partial charge in [-0.2, -0.15) is 0 Å². The molecule has 0 saturated carbocycles. The van der Waals surface area contributed by atoms with Gasteiger partial charge in [0.15, 0.2) is 5.76 Å². The van der Waals surface area contributed by atoms with Crippen molar-refractivity contribution < 1.29 is 23.5 Å². The molecule has 2 amide bonds. The molecule has 0 unspecified atom stereocenters. The van der Waals surface area contributed by atoms with Crippen LogP contribution in [0, 0.1) is 0 Å². The van der Waals surface area contributed by atoms with Gasteiger partial charge in [-0.1, -0.05) is 0 Å². The molecule has 0 spiro atoms. The fraction of sp³-hybridized carbons (Fsp3) is 0.150. The second-order valence-electron chi connectivity index (χ2n) is 6.13. The quantitative estimate of drug-likeness (QED) is 0.521. The number of anilines is 2. The number of benzene rings is 1. The molecule has 0 atom stereocenters. The third-order valence-corrected chi connectivity index (χ3v) is 5.20. The predicted octanol–water partition coefficient (Wildman–Crippen LogP) is 3.94. The summed E-state index contributed by atoms with van der Waals surface area (Å²) in [4.78, 5) is 38.2. The summed E-state index contributed by atoms with van der Waals surface area (Å²) in [5.74, 6) is -0.233. The second kappa shape index (κ2) is 7.69. The van der Waals surface area contributed by atoms with Gasteiger partial charge >= 0.3 is 5.97 Å². The summed E-state index contributed by atoms with van der Waals surface area (Å²) in [7, 11) is 0. The van der Waals surface area contributed by atoms with Gasteiger partial charge in [0.1, 0.15) is 10.6 Å². The average molecular weight is 396 g/mol. The van der Waals surface area contributed by atoms with Crippen LogP contribution in [0.25, 0.3) is 0 Å². The summed E-state index contributed by atoms with van der Waals surface area (Å²) in [6.45, 7) is 0.708. The zero-order chi connectivity index (χ0) is 19.5. The first-order valence-electron chi connectivity index (χ1n) is 8.67. The van der Waals surface area contributed by atoms with Crippen molar-refractivity contribution >= 4 is 39.8 Å². The van der Waals surface area contributed by atoms with Crippen molar-refractivity contribution in [1.82, 2.24) is 0 Å². The lowest BCUT2D eigenvalue weighted by Crippen LogP contribution is -2.23. The summed E-state index contributed by atoms with van der Waals surface area (Å²) < 4.78 is 10.4. The predicted molar refractivity (Wildman–Crippen MR) is 104 cm³/mol. The van der Waals surface area contributed by atoms with E-state index in [0.717, 1.165) is 23.4 Å². The van der Waals surface area contributed by atoms with Gasteiger partial charge in [0.05, 0.1) is 11.3 Å². The molecule has 4 rings (SSSR count). The van der Waals surface area contributed by atoms with Crippen LogP contribution in [-0.4, -0.2) is 24.3 Å². The van der Waals surface area contributed by atoms with E-state index < -0.39 is 5.97 Å². The Morgan fingerprint density at radius 3 is 2.61 bits per heavy atom. The number of thiophene rings is 1. The lowest BCUT2D eigenvalue weighted by atomic mass is 10.3. The molecule has 8 heteroatoms. The van der Waals surface area contributed by atoms with Crippen molar-refractivity contribution in [3.8, 4) is 5.75 Å². The van der Waals surface area contributed by atoms with Crippen molar-refractivity contribution in [3.63, 3.8) is 0 Å². The van der Waals surface area contributed by atoms with Crippen molar-refractivity contribution in [1.29, 1.82) is 0 Å². The summed E-state index contributed by atoms with van der Waals surface area (Å²) in [5.41, 5.74) is 0.793. The molecule has 3 heterocycles. The molecule has 3 aromatic rings. The number of nitrogens with zero attached hydrogens (tertiary/aromatic N) is 1. The summed E-state index contributed by atoms with van der Waals surface area (Å²) in [5, 5.41) is 3.18. The molecule has 1 aromatic carbocycles. The van der Waals surface area contributed by atoms with Crippen LogP contribution in [0.5, 0.6) is 5.75 Å². The minimum Gasteiger partial charge on any atom is -0.459 e.